The van der Waals surface area contributed by atoms with E-state index in [1.807, 2.05) is 36.0 Å². The maximum Gasteiger partial charge on any atom is 0.161 e. The van der Waals surface area contributed by atoms with Gasteiger partial charge in [-0.25, -0.2) is 9.97 Å². The van der Waals surface area contributed by atoms with Crippen molar-refractivity contribution in [2.75, 3.05) is 19.0 Å². The lowest BCUT2D eigenvalue weighted by Gasteiger charge is -2.11. The molecule has 110 valence electrons. The van der Waals surface area contributed by atoms with Gasteiger partial charge in [0, 0.05) is 29.2 Å². The molecule has 0 atom stereocenters. The molecule has 0 radical (unpaired) electrons. The van der Waals surface area contributed by atoms with Crippen molar-refractivity contribution in [1.29, 1.82) is 0 Å². The molecule has 0 aliphatic carbocycles. The van der Waals surface area contributed by atoms with Crippen LogP contribution in [0.25, 0.3) is 11.4 Å². The van der Waals surface area contributed by atoms with Crippen LogP contribution in [0.4, 0.5) is 5.82 Å². The molecule has 1 aromatic heterocycles. The minimum atomic E-state index is 0.772. The topological polar surface area (TPSA) is 47.0 Å². The van der Waals surface area contributed by atoms with Gasteiger partial charge in [0.05, 0.1) is 12.8 Å². The molecule has 0 fully saturated rings. The Kier molecular flexibility index (Phi) is 4.29. The van der Waals surface area contributed by atoms with Crippen molar-refractivity contribution >= 4 is 17.6 Å². The summed E-state index contributed by atoms with van der Waals surface area (Å²) in [4.78, 5) is 9.48. The maximum absolute atomic E-state index is 5.29. The molecule has 1 aliphatic rings. The van der Waals surface area contributed by atoms with E-state index in [-0.39, 0.29) is 0 Å². The number of nitrogens with one attached hydrogen (secondary N) is 1. The van der Waals surface area contributed by atoms with Crippen molar-refractivity contribution < 1.29 is 4.74 Å². The molecule has 2 heterocycles. The number of rotatable bonds is 5. The number of hydrogen-bond acceptors (Lipinski definition) is 5. The number of thioether (sulfide) groups is 1. The Balaban J connectivity index is 2.02. The smallest absolute Gasteiger partial charge is 0.161 e. The van der Waals surface area contributed by atoms with E-state index in [9.17, 15) is 0 Å². The van der Waals surface area contributed by atoms with Crippen LogP contribution < -0.4 is 10.1 Å². The third kappa shape index (κ3) is 2.97. The summed E-state index contributed by atoms with van der Waals surface area (Å²) < 4.78 is 5.29. The normalized spacial score (nSPS) is 13.0. The summed E-state index contributed by atoms with van der Waals surface area (Å²) in [6.45, 7) is 3.10. The monoisotopic (exact) mass is 301 g/mol. The van der Waals surface area contributed by atoms with Crippen LogP contribution in [0.2, 0.25) is 0 Å². The fourth-order valence-electron chi connectivity index (χ4n) is 2.33. The Hall–Kier alpha value is -1.75. The number of methoxy groups -OCH3 is 1. The van der Waals surface area contributed by atoms with Gasteiger partial charge >= 0.3 is 0 Å². The van der Waals surface area contributed by atoms with E-state index in [0.29, 0.717) is 0 Å². The molecule has 1 aromatic carbocycles. The quantitative estimate of drug-likeness (QED) is 0.912. The number of benzene rings is 1. The van der Waals surface area contributed by atoms with Gasteiger partial charge in [0.1, 0.15) is 11.6 Å². The lowest BCUT2D eigenvalue weighted by atomic mass is 10.1. The zero-order chi connectivity index (χ0) is 14.7. The molecule has 4 nitrogen and oxygen atoms in total. The van der Waals surface area contributed by atoms with E-state index in [1.165, 1.54) is 5.56 Å². The third-order valence-electron chi connectivity index (χ3n) is 3.45. The summed E-state index contributed by atoms with van der Waals surface area (Å²) in [5.74, 6) is 4.56. The van der Waals surface area contributed by atoms with E-state index < -0.39 is 0 Å². The Bertz CT molecular complexity index is 645. The van der Waals surface area contributed by atoms with Gasteiger partial charge < -0.3 is 10.1 Å². The predicted molar refractivity (Wildman–Crippen MR) is 87.8 cm³/mol. The van der Waals surface area contributed by atoms with Gasteiger partial charge in [-0.3, -0.25) is 0 Å². The van der Waals surface area contributed by atoms with Crippen molar-refractivity contribution in [3.8, 4) is 17.1 Å². The average Bonchev–Trinajstić information content (AvgIpc) is 3.01. The van der Waals surface area contributed by atoms with Gasteiger partial charge in [-0.2, -0.15) is 11.8 Å². The standard InChI is InChI=1S/C16H19N3OS/c1-3-7-17-16-13-9-21-10-14(13)18-15(19-16)11-5-4-6-12(8-11)20-2/h4-6,8H,3,7,9-10H2,1-2H3,(H,17,18,19). The molecule has 2 aromatic rings. The SMILES string of the molecule is CCCNc1nc(-c2cccc(OC)c2)nc2c1CSC2. The molecular weight excluding hydrogens is 282 g/mol. The number of aromatic nitrogens is 2. The van der Waals surface area contributed by atoms with Gasteiger partial charge in [0.25, 0.3) is 0 Å². The van der Waals surface area contributed by atoms with Crippen molar-refractivity contribution in [2.45, 2.75) is 24.9 Å². The van der Waals surface area contributed by atoms with Crippen molar-refractivity contribution in [1.82, 2.24) is 9.97 Å². The number of nitrogens with zero attached hydrogens (tertiary/aromatic N) is 2. The molecule has 0 bridgehead atoms. The summed E-state index contributed by atoms with van der Waals surface area (Å²) >= 11 is 1.89. The van der Waals surface area contributed by atoms with Gasteiger partial charge in [-0.1, -0.05) is 19.1 Å². The number of fused-ring (bicyclic) bond motifs is 1. The lowest BCUT2D eigenvalue weighted by Crippen LogP contribution is -2.08. The van der Waals surface area contributed by atoms with Crippen LogP contribution in [-0.2, 0) is 11.5 Å². The van der Waals surface area contributed by atoms with E-state index in [2.05, 4.69) is 12.2 Å². The first-order valence-corrected chi connectivity index (χ1v) is 8.33. The molecule has 5 heteroatoms. The van der Waals surface area contributed by atoms with E-state index >= 15 is 0 Å². The fourth-order valence-corrected chi connectivity index (χ4v) is 3.37. The highest BCUT2D eigenvalue weighted by Crippen LogP contribution is 2.34. The molecule has 0 saturated heterocycles. The minimum absolute atomic E-state index is 0.772. The Labute approximate surface area is 129 Å². The minimum Gasteiger partial charge on any atom is -0.497 e. The molecule has 0 unspecified atom stereocenters. The first-order chi connectivity index (χ1) is 10.3. The molecule has 0 spiro atoms. The van der Waals surface area contributed by atoms with Crippen molar-refractivity contribution in [3.05, 3.63) is 35.5 Å². The summed E-state index contributed by atoms with van der Waals surface area (Å²) in [7, 11) is 1.67. The Morgan fingerprint density at radius 3 is 3.00 bits per heavy atom. The number of hydrogen-bond donors (Lipinski definition) is 1. The molecule has 21 heavy (non-hydrogen) atoms. The van der Waals surface area contributed by atoms with Gasteiger partial charge in [0.15, 0.2) is 5.82 Å². The Morgan fingerprint density at radius 1 is 1.29 bits per heavy atom. The highest BCUT2D eigenvalue weighted by molar-refractivity contribution is 7.98. The van der Waals surface area contributed by atoms with Crippen LogP contribution in [0.5, 0.6) is 5.75 Å². The zero-order valence-corrected chi connectivity index (χ0v) is 13.2. The molecule has 1 aliphatic heterocycles. The van der Waals surface area contributed by atoms with Crippen LogP contribution in [0.15, 0.2) is 24.3 Å². The molecular formula is C16H19N3OS. The second-order valence-corrected chi connectivity index (χ2v) is 5.96. The van der Waals surface area contributed by atoms with Crippen LogP contribution in [0, 0.1) is 0 Å². The molecule has 0 saturated carbocycles. The summed E-state index contributed by atoms with van der Waals surface area (Å²) in [6, 6.07) is 7.91. The largest absolute Gasteiger partial charge is 0.497 e. The molecule has 0 amide bonds. The van der Waals surface area contributed by atoms with Gasteiger partial charge in [-0.15, -0.1) is 0 Å². The fraction of sp³-hybridized carbons (Fsp3) is 0.375. The van der Waals surface area contributed by atoms with E-state index in [0.717, 1.165) is 53.1 Å². The van der Waals surface area contributed by atoms with Crippen LogP contribution in [0.1, 0.15) is 24.6 Å². The summed E-state index contributed by atoms with van der Waals surface area (Å²) in [5, 5.41) is 3.44. The molecule has 1 N–H and O–H groups in total. The predicted octanol–water partition coefficient (Wildman–Crippen LogP) is 3.72. The lowest BCUT2D eigenvalue weighted by molar-refractivity contribution is 0.415. The van der Waals surface area contributed by atoms with Gasteiger partial charge in [0.2, 0.25) is 0 Å². The Morgan fingerprint density at radius 2 is 2.19 bits per heavy atom. The summed E-state index contributed by atoms with van der Waals surface area (Å²) in [6.07, 6.45) is 1.08. The van der Waals surface area contributed by atoms with Crippen LogP contribution >= 0.6 is 11.8 Å². The number of ether oxygens (including phenoxy) is 1. The zero-order valence-electron chi connectivity index (χ0n) is 12.3. The summed E-state index contributed by atoms with van der Waals surface area (Å²) in [5.41, 5.74) is 3.42. The first kappa shape index (κ1) is 14.2. The van der Waals surface area contributed by atoms with E-state index in [4.69, 9.17) is 14.7 Å². The highest BCUT2D eigenvalue weighted by Gasteiger charge is 2.20. The average molecular weight is 301 g/mol. The highest BCUT2D eigenvalue weighted by atomic mass is 32.2. The second kappa shape index (κ2) is 6.35. The second-order valence-electron chi connectivity index (χ2n) is 4.97. The van der Waals surface area contributed by atoms with Crippen LogP contribution in [-0.4, -0.2) is 23.6 Å². The molecule has 3 rings (SSSR count). The van der Waals surface area contributed by atoms with Crippen molar-refractivity contribution in [3.63, 3.8) is 0 Å². The van der Waals surface area contributed by atoms with Gasteiger partial charge in [-0.05, 0) is 18.6 Å². The maximum atomic E-state index is 5.29. The van der Waals surface area contributed by atoms with E-state index in [1.54, 1.807) is 7.11 Å². The first-order valence-electron chi connectivity index (χ1n) is 7.17. The third-order valence-corrected chi connectivity index (χ3v) is 4.42. The number of anilines is 1. The van der Waals surface area contributed by atoms with Crippen molar-refractivity contribution in [2.24, 2.45) is 0 Å². The van der Waals surface area contributed by atoms with Crippen LogP contribution in [0.3, 0.4) is 0 Å².